The third kappa shape index (κ3) is 7.37. The molecule has 0 saturated carbocycles. The highest BCUT2D eigenvalue weighted by atomic mass is 35.5. The van der Waals surface area contributed by atoms with Crippen LogP contribution in [-0.2, 0) is 19.1 Å². The lowest BCUT2D eigenvalue weighted by Gasteiger charge is -2.24. The van der Waals surface area contributed by atoms with Crippen LogP contribution in [0.2, 0.25) is 10.0 Å². The van der Waals surface area contributed by atoms with E-state index in [4.69, 9.17) is 42.1 Å². The second kappa shape index (κ2) is 12.8. The number of carbonyl (C=O) groups is 4. The van der Waals surface area contributed by atoms with Crippen molar-refractivity contribution >= 4 is 52.7 Å². The standard InChI is InChI=1S/C26H21Cl2NO9/c1-35-19-7-3-5-14(9-19)25(33)37-21(23(30)29-18-12-16(27)11-17(28)13-18)22(24(31)32)38-26(34)15-6-4-8-20(10-15)36-2/h3-13,21-22H,1-2H3,(H,29,30)(H,31,32)/t21-,22-/m0/s1. The molecule has 0 aromatic heterocycles. The summed E-state index contributed by atoms with van der Waals surface area (Å²) >= 11 is 11.9. The van der Waals surface area contributed by atoms with E-state index in [0.717, 1.165) is 0 Å². The van der Waals surface area contributed by atoms with Crippen molar-refractivity contribution in [3.05, 3.63) is 87.9 Å². The first kappa shape index (κ1) is 28.3. The molecule has 38 heavy (non-hydrogen) atoms. The number of aliphatic carboxylic acids is 1. The van der Waals surface area contributed by atoms with Gasteiger partial charge in [-0.15, -0.1) is 0 Å². The Hall–Kier alpha value is -4.28. The quantitative estimate of drug-likeness (QED) is 0.343. The minimum Gasteiger partial charge on any atom is -0.497 e. The van der Waals surface area contributed by atoms with Gasteiger partial charge in [-0.2, -0.15) is 0 Å². The van der Waals surface area contributed by atoms with Crippen molar-refractivity contribution in [1.82, 2.24) is 0 Å². The van der Waals surface area contributed by atoms with Gasteiger partial charge in [0, 0.05) is 15.7 Å². The number of methoxy groups -OCH3 is 2. The van der Waals surface area contributed by atoms with Gasteiger partial charge in [0.2, 0.25) is 12.2 Å². The minimum absolute atomic E-state index is 0.0452. The molecule has 3 aromatic carbocycles. The summed E-state index contributed by atoms with van der Waals surface area (Å²) in [4.78, 5) is 51.1. The van der Waals surface area contributed by atoms with E-state index in [2.05, 4.69) is 5.32 Å². The molecule has 3 rings (SSSR count). The fraction of sp³-hybridized carbons (Fsp3) is 0.154. The monoisotopic (exact) mass is 561 g/mol. The number of benzene rings is 3. The third-order valence-corrected chi connectivity index (χ3v) is 5.42. The van der Waals surface area contributed by atoms with E-state index >= 15 is 0 Å². The van der Waals surface area contributed by atoms with Crippen LogP contribution in [0.5, 0.6) is 11.5 Å². The van der Waals surface area contributed by atoms with Crippen molar-refractivity contribution in [2.75, 3.05) is 19.5 Å². The number of ether oxygens (including phenoxy) is 4. The SMILES string of the molecule is COc1cccc(C(=O)O[C@H](C(=O)O)[C@H](OC(=O)c2cccc(OC)c2)C(=O)Nc2cc(Cl)cc(Cl)c2)c1. The molecule has 0 aliphatic carbocycles. The maximum Gasteiger partial charge on any atom is 0.349 e. The molecule has 0 bridgehead atoms. The number of amides is 1. The molecule has 0 aliphatic rings. The Kier molecular flexibility index (Phi) is 9.53. The van der Waals surface area contributed by atoms with Crippen LogP contribution in [0.3, 0.4) is 0 Å². The fourth-order valence-electron chi connectivity index (χ4n) is 3.20. The molecule has 10 nitrogen and oxygen atoms in total. The zero-order valence-electron chi connectivity index (χ0n) is 20.0. The molecule has 0 heterocycles. The summed E-state index contributed by atoms with van der Waals surface area (Å²) in [6.45, 7) is 0. The normalized spacial score (nSPS) is 12.0. The highest BCUT2D eigenvalue weighted by molar-refractivity contribution is 6.35. The molecule has 0 radical (unpaired) electrons. The number of carboxylic acids is 1. The Morgan fingerprint density at radius 2 is 1.21 bits per heavy atom. The predicted molar refractivity (Wildman–Crippen MR) is 137 cm³/mol. The van der Waals surface area contributed by atoms with E-state index in [9.17, 15) is 24.3 Å². The average Bonchev–Trinajstić information content (AvgIpc) is 2.89. The van der Waals surface area contributed by atoms with Gasteiger partial charge in [0.25, 0.3) is 5.91 Å². The largest absolute Gasteiger partial charge is 0.497 e. The zero-order valence-corrected chi connectivity index (χ0v) is 21.5. The molecule has 12 heteroatoms. The lowest BCUT2D eigenvalue weighted by atomic mass is 10.1. The molecule has 0 spiro atoms. The van der Waals surface area contributed by atoms with Crippen LogP contribution < -0.4 is 14.8 Å². The summed E-state index contributed by atoms with van der Waals surface area (Å²) in [5, 5.41) is 12.6. The zero-order chi connectivity index (χ0) is 27.8. The molecule has 198 valence electrons. The second-order valence-corrected chi connectivity index (χ2v) is 8.47. The maximum atomic E-state index is 13.2. The van der Waals surface area contributed by atoms with Crippen LogP contribution in [-0.4, -0.2) is 55.3 Å². The smallest absolute Gasteiger partial charge is 0.349 e. The van der Waals surface area contributed by atoms with Crippen molar-refractivity contribution in [2.45, 2.75) is 12.2 Å². The Balaban J connectivity index is 1.95. The number of rotatable bonds is 10. The molecule has 0 saturated heterocycles. The highest BCUT2D eigenvalue weighted by Crippen LogP contribution is 2.24. The number of carboxylic acid groups (broad SMARTS) is 1. The summed E-state index contributed by atoms with van der Waals surface area (Å²) in [5.74, 6) is -4.42. The lowest BCUT2D eigenvalue weighted by molar-refractivity contribution is -0.157. The van der Waals surface area contributed by atoms with E-state index in [1.165, 1.54) is 68.8 Å². The Morgan fingerprint density at radius 3 is 1.66 bits per heavy atom. The van der Waals surface area contributed by atoms with Crippen LogP contribution in [0.25, 0.3) is 0 Å². The predicted octanol–water partition coefficient (Wildman–Crippen LogP) is 4.48. The summed E-state index contributed by atoms with van der Waals surface area (Å²) in [7, 11) is 2.76. The molecule has 0 aliphatic heterocycles. The van der Waals surface area contributed by atoms with Gasteiger partial charge in [0.15, 0.2) is 0 Å². The number of carbonyl (C=O) groups excluding carboxylic acids is 3. The Labute approximate surface area is 227 Å². The van der Waals surface area contributed by atoms with Crippen molar-refractivity contribution in [3.63, 3.8) is 0 Å². The van der Waals surface area contributed by atoms with Gasteiger partial charge >= 0.3 is 17.9 Å². The van der Waals surface area contributed by atoms with Crippen molar-refractivity contribution < 1.29 is 43.2 Å². The maximum absolute atomic E-state index is 13.2. The van der Waals surface area contributed by atoms with Gasteiger partial charge in [-0.25, -0.2) is 14.4 Å². The number of nitrogens with one attached hydrogen (secondary N) is 1. The van der Waals surface area contributed by atoms with E-state index in [0.29, 0.717) is 11.5 Å². The van der Waals surface area contributed by atoms with E-state index in [1.54, 1.807) is 12.1 Å². The van der Waals surface area contributed by atoms with Gasteiger partial charge in [0.1, 0.15) is 11.5 Å². The van der Waals surface area contributed by atoms with Crippen LogP contribution in [0.1, 0.15) is 20.7 Å². The second-order valence-electron chi connectivity index (χ2n) is 7.60. The van der Waals surface area contributed by atoms with E-state index < -0.39 is 36.0 Å². The lowest BCUT2D eigenvalue weighted by Crippen LogP contribution is -2.48. The molecule has 2 atom stereocenters. The summed E-state index contributed by atoms with van der Waals surface area (Å²) in [6, 6.07) is 15.6. The van der Waals surface area contributed by atoms with Crippen LogP contribution >= 0.6 is 23.2 Å². The Bertz CT molecular complexity index is 1340. The topological polar surface area (TPSA) is 137 Å². The van der Waals surface area contributed by atoms with E-state index in [1.807, 2.05) is 0 Å². The van der Waals surface area contributed by atoms with Crippen LogP contribution in [0, 0.1) is 0 Å². The number of hydrogen-bond acceptors (Lipinski definition) is 8. The summed E-state index contributed by atoms with van der Waals surface area (Å²) in [6.07, 6.45) is -4.36. The van der Waals surface area contributed by atoms with E-state index in [-0.39, 0.29) is 26.9 Å². The molecular formula is C26H21Cl2NO9. The average molecular weight is 562 g/mol. The molecule has 3 aromatic rings. The molecule has 0 fully saturated rings. The highest BCUT2D eigenvalue weighted by Gasteiger charge is 2.41. The molecular weight excluding hydrogens is 541 g/mol. The van der Waals surface area contributed by atoms with Gasteiger partial charge < -0.3 is 29.4 Å². The van der Waals surface area contributed by atoms with Crippen molar-refractivity contribution in [2.24, 2.45) is 0 Å². The number of hydrogen-bond donors (Lipinski definition) is 2. The minimum atomic E-state index is -2.24. The van der Waals surface area contributed by atoms with Gasteiger partial charge in [0.05, 0.1) is 25.3 Å². The van der Waals surface area contributed by atoms with Crippen LogP contribution in [0.4, 0.5) is 5.69 Å². The molecule has 2 N–H and O–H groups in total. The third-order valence-electron chi connectivity index (χ3n) is 4.99. The first-order valence-electron chi connectivity index (χ1n) is 10.8. The van der Waals surface area contributed by atoms with Crippen LogP contribution in [0.15, 0.2) is 66.7 Å². The molecule has 0 unspecified atom stereocenters. The van der Waals surface area contributed by atoms with Gasteiger partial charge in [-0.05, 0) is 54.6 Å². The number of esters is 2. The number of anilines is 1. The summed E-state index contributed by atoms with van der Waals surface area (Å²) < 4.78 is 20.6. The summed E-state index contributed by atoms with van der Waals surface area (Å²) in [5.41, 5.74) is -0.0232. The molecule has 1 amide bonds. The van der Waals surface area contributed by atoms with Gasteiger partial charge in [-0.3, -0.25) is 4.79 Å². The fourth-order valence-corrected chi connectivity index (χ4v) is 3.73. The van der Waals surface area contributed by atoms with Gasteiger partial charge in [-0.1, -0.05) is 35.3 Å². The first-order valence-corrected chi connectivity index (χ1v) is 11.6. The van der Waals surface area contributed by atoms with Crippen molar-refractivity contribution in [3.8, 4) is 11.5 Å². The first-order chi connectivity index (χ1) is 18.1. The van der Waals surface area contributed by atoms with Crippen molar-refractivity contribution in [1.29, 1.82) is 0 Å². The number of halogens is 2. The Morgan fingerprint density at radius 1 is 0.737 bits per heavy atom.